The topological polar surface area (TPSA) is 92.7 Å². The number of benzene rings is 1. The summed E-state index contributed by atoms with van der Waals surface area (Å²) in [4.78, 5) is 12.7. The van der Waals surface area contributed by atoms with Crippen LogP contribution >= 0.6 is 15.9 Å². The van der Waals surface area contributed by atoms with Gasteiger partial charge in [-0.05, 0) is 42.3 Å². The largest absolute Gasteiger partial charge is 0.458 e. The van der Waals surface area contributed by atoms with Gasteiger partial charge in [0.1, 0.15) is 36.6 Å². The standard InChI is InChI=1S/C27H33BrO8/c1-15(28)13-18(32-26(30)16-5-3-2-4-6-16)9-11-27-14-20-22(35-27)23-24(34-20)25(36-27)21-19(33-23)8-7-17(31-21)10-12-29/h2-6,17-25,29H,1,7-14H2/t17-,18-,19+,20?,21+,22+,23+,24-,25?,27+/m1/s1. The fraction of sp³-hybridized carbons (Fsp3) is 0.667. The molecule has 6 bridgehead atoms. The van der Waals surface area contributed by atoms with Crippen molar-refractivity contribution in [2.24, 2.45) is 0 Å². The molecule has 0 spiro atoms. The van der Waals surface area contributed by atoms with Crippen molar-refractivity contribution < 1.29 is 38.3 Å². The molecule has 6 saturated heterocycles. The van der Waals surface area contributed by atoms with E-state index in [2.05, 4.69) is 22.5 Å². The molecule has 6 aliphatic heterocycles. The smallest absolute Gasteiger partial charge is 0.338 e. The lowest BCUT2D eigenvalue weighted by atomic mass is 9.87. The highest BCUT2D eigenvalue weighted by molar-refractivity contribution is 9.11. The Morgan fingerprint density at radius 1 is 1.06 bits per heavy atom. The molecule has 0 aliphatic carbocycles. The van der Waals surface area contributed by atoms with E-state index in [0.29, 0.717) is 37.7 Å². The van der Waals surface area contributed by atoms with Gasteiger partial charge in [0.05, 0.1) is 23.9 Å². The van der Waals surface area contributed by atoms with Crippen LogP contribution in [-0.4, -0.2) is 78.4 Å². The molecule has 6 fully saturated rings. The molecule has 6 aliphatic rings. The molecule has 1 aromatic rings. The van der Waals surface area contributed by atoms with Crippen LogP contribution in [-0.2, 0) is 28.4 Å². The second-order valence-electron chi connectivity index (χ2n) is 10.5. The van der Waals surface area contributed by atoms with Crippen molar-refractivity contribution in [1.82, 2.24) is 0 Å². The molecule has 2 unspecified atom stereocenters. The Morgan fingerprint density at radius 2 is 1.81 bits per heavy atom. The molecule has 1 aromatic carbocycles. The summed E-state index contributed by atoms with van der Waals surface area (Å²) >= 11 is 3.43. The number of hydrogen-bond donors (Lipinski definition) is 1. The zero-order chi connectivity index (χ0) is 24.9. The van der Waals surface area contributed by atoms with Crippen LogP contribution in [0.2, 0.25) is 0 Å². The summed E-state index contributed by atoms with van der Waals surface area (Å²) < 4.78 is 39.2. The van der Waals surface area contributed by atoms with Gasteiger partial charge >= 0.3 is 5.97 Å². The summed E-state index contributed by atoms with van der Waals surface area (Å²) in [6.45, 7) is 4.05. The molecule has 9 heteroatoms. The van der Waals surface area contributed by atoms with Gasteiger partial charge in [-0.1, -0.05) is 40.7 Å². The molecular formula is C27H33BrO8. The normalized spacial score (nSPS) is 40.9. The highest BCUT2D eigenvalue weighted by Crippen LogP contribution is 2.54. The summed E-state index contributed by atoms with van der Waals surface area (Å²) in [5, 5.41) is 9.42. The number of aliphatic hydroxyl groups excluding tert-OH is 1. The summed E-state index contributed by atoms with van der Waals surface area (Å²) in [6, 6.07) is 8.99. The molecule has 7 rings (SSSR count). The van der Waals surface area contributed by atoms with Gasteiger partial charge in [0.2, 0.25) is 0 Å². The first-order valence-corrected chi connectivity index (χ1v) is 13.8. The summed E-state index contributed by atoms with van der Waals surface area (Å²) in [6.07, 6.45) is 2.84. The Bertz CT molecular complexity index is 974. The van der Waals surface area contributed by atoms with E-state index in [-0.39, 0.29) is 67.5 Å². The number of fused-ring (bicyclic) bond motifs is 1. The lowest BCUT2D eigenvalue weighted by Gasteiger charge is -2.47. The number of esters is 1. The van der Waals surface area contributed by atoms with Crippen LogP contribution in [0, 0.1) is 0 Å². The van der Waals surface area contributed by atoms with Crippen LogP contribution in [0.3, 0.4) is 0 Å². The van der Waals surface area contributed by atoms with E-state index in [0.717, 1.165) is 17.3 Å². The number of hydrogen-bond acceptors (Lipinski definition) is 8. The highest BCUT2D eigenvalue weighted by atomic mass is 79.9. The van der Waals surface area contributed by atoms with E-state index < -0.39 is 5.79 Å². The number of aliphatic hydroxyl groups is 1. The second-order valence-corrected chi connectivity index (χ2v) is 11.6. The number of carbonyl (C=O) groups excluding carboxylic acids is 1. The number of halogens is 1. The van der Waals surface area contributed by atoms with E-state index in [1.165, 1.54) is 0 Å². The molecule has 0 saturated carbocycles. The van der Waals surface area contributed by atoms with Crippen molar-refractivity contribution in [2.45, 2.75) is 106 Å². The maximum Gasteiger partial charge on any atom is 0.338 e. The van der Waals surface area contributed by atoms with Crippen LogP contribution in [0.15, 0.2) is 41.4 Å². The molecule has 10 atom stereocenters. The predicted molar refractivity (Wildman–Crippen MR) is 132 cm³/mol. The van der Waals surface area contributed by atoms with Crippen molar-refractivity contribution >= 4 is 21.9 Å². The van der Waals surface area contributed by atoms with Crippen LogP contribution in [0.4, 0.5) is 0 Å². The lowest BCUT2D eigenvalue weighted by Crippen LogP contribution is -2.61. The zero-order valence-corrected chi connectivity index (χ0v) is 21.7. The number of carbonyl (C=O) groups is 1. The Labute approximate surface area is 219 Å². The third kappa shape index (κ3) is 4.68. The highest BCUT2D eigenvalue weighted by Gasteiger charge is 2.68. The van der Waals surface area contributed by atoms with Gasteiger partial charge in [-0.2, -0.15) is 0 Å². The monoisotopic (exact) mass is 564 g/mol. The zero-order valence-electron chi connectivity index (χ0n) is 20.1. The van der Waals surface area contributed by atoms with Crippen LogP contribution in [0.1, 0.15) is 55.3 Å². The third-order valence-electron chi connectivity index (χ3n) is 8.06. The molecule has 36 heavy (non-hydrogen) atoms. The molecule has 0 aromatic heterocycles. The quantitative estimate of drug-likeness (QED) is 0.454. The van der Waals surface area contributed by atoms with Crippen molar-refractivity contribution in [3.63, 3.8) is 0 Å². The second kappa shape index (κ2) is 10.1. The van der Waals surface area contributed by atoms with Gasteiger partial charge in [-0.25, -0.2) is 4.79 Å². The van der Waals surface area contributed by atoms with Crippen molar-refractivity contribution in [2.75, 3.05) is 6.61 Å². The van der Waals surface area contributed by atoms with Gasteiger partial charge in [0.25, 0.3) is 0 Å². The average molecular weight is 565 g/mol. The van der Waals surface area contributed by atoms with Crippen LogP contribution in [0.5, 0.6) is 0 Å². The SMILES string of the molecule is C=C(Br)C[C@@H](CC[C@@]12CC3O[C@H]4C(O1)[C@H]1O[C@@H](CCO)CC[C@@H]1O[C@H]4[C@H]3O2)OC(=O)c1ccccc1. The first kappa shape index (κ1) is 25.0. The van der Waals surface area contributed by atoms with Gasteiger partial charge in [-0.15, -0.1) is 0 Å². The van der Waals surface area contributed by atoms with Gasteiger partial charge < -0.3 is 33.5 Å². The van der Waals surface area contributed by atoms with Crippen LogP contribution < -0.4 is 0 Å². The fourth-order valence-corrected chi connectivity index (χ4v) is 6.82. The third-order valence-corrected chi connectivity index (χ3v) is 8.38. The minimum Gasteiger partial charge on any atom is -0.458 e. The Kier molecular flexibility index (Phi) is 7.00. The summed E-state index contributed by atoms with van der Waals surface area (Å²) in [5.74, 6) is -1.21. The van der Waals surface area contributed by atoms with E-state index in [4.69, 9.17) is 28.4 Å². The predicted octanol–water partition coefficient (Wildman–Crippen LogP) is 3.64. The van der Waals surface area contributed by atoms with Crippen LogP contribution in [0.25, 0.3) is 0 Å². The van der Waals surface area contributed by atoms with Crippen molar-refractivity contribution in [3.8, 4) is 0 Å². The van der Waals surface area contributed by atoms with E-state index >= 15 is 0 Å². The first-order valence-electron chi connectivity index (χ1n) is 13.0. The Morgan fingerprint density at radius 3 is 2.58 bits per heavy atom. The number of rotatable bonds is 9. The minimum atomic E-state index is -0.847. The molecular weight excluding hydrogens is 532 g/mol. The molecule has 6 heterocycles. The minimum absolute atomic E-state index is 0.0148. The maximum absolute atomic E-state index is 12.7. The summed E-state index contributed by atoms with van der Waals surface area (Å²) in [5.41, 5.74) is 0.516. The van der Waals surface area contributed by atoms with E-state index in [1.54, 1.807) is 12.1 Å². The molecule has 0 amide bonds. The molecule has 8 nitrogen and oxygen atoms in total. The first-order chi connectivity index (χ1) is 17.4. The maximum atomic E-state index is 12.7. The Hall–Kier alpha value is -1.33. The van der Waals surface area contributed by atoms with Crippen molar-refractivity contribution in [3.05, 3.63) is 47.0 Å². The van der Waals surface area contributed by atoms with Gasteiger partial charge in [0, 0.05) is 25.9 Å². The molecule has 0 radical (unpaired) electrons. The Balaban J connectivity index is 1.18. The summed E-state index contributed by atoms with van der Waals surface area (Å²) in [7, 11) is 0. The van der Waals surface area contributed by atoms with E-state index in [1.807, 2.05) is 18.2 Å². The molecule has 1 N–H and O–H groups in total. The van der Waals surface area contributed by atoms with Gasteiger partial charge in [-0.3, -0.25) is 0 Å². The fourth-order valence-electron chi connectivity index (χ4n) is 6.46. The number of ether oxygens (including phenoxy) is 6. The van der Waals surface area contributed by atoms with Gasteiger partial charge in [0.15, 0.2) is 5.79 Å². The average Bonchev–Trinajstić information content (AvgIpc) is 3.28. The van der Waals surface area contributed by atoms with E-state index in [9.17, 15) is 9.90 Å². The van der Waals surface area contributed by atoms with Crippen molar-refractivity contribution in [1.29, 1.82) is 0 Å². The lowest BCUT2D eigenvalue weighted by molar-refractivity contribution is -0.293. The molecule has 196 valence electrons.